The summed E-state index contributed by atoms with van der Waals surface area (Å²) in [5, 5.41) is 0. The number of hydrogen-bond donors (Lipinski definition) is 2. The zero-order chi connectivity index (χ0) is 3.58. The molecule has 0 saturated heterocycles. The molecule has 0 heterocycles. The van der Waals surface area contributed by atoms with E-state index in [0.29, 0.717) is 0 Å². The standard InChI is InChI=1S/Na.H2O3Se.H/c;1-4(2)3;/h;(H2,1,2,3);/q+1;;-1. The van der Waals surface area contributed by atoms with Gasteiger partial charge >= 0.3 is 56.3 Å². The van der Waals surface area contributed by atoms with Gasteiger partial charge in [-0.25, -0.2) is 0 Å². The van der Waals surface area contributed by atoms with Gasteiger partial charge in [0.05, 0.1) is 0 Å². The van der Waals surface area contributed by atoms with Crippen molar-refractivity contribution in [2.24, 2.45) is 0 Å². The van der Waals surface area contributed by atoms with Crippen molar-refractivity contribution in [3.8, 4) is 0 Å². The molecule has 0 aliphatic rings. The number of hydrogen-bond acceptors (Lipinski definition) is 1. The molecule has 0 bridgehead atoms. The molecular weight excluding hydrogens is 150 g/mol. The first kappa shape index (κ1) is 9.53. The fourth-order valence-electron chi connectivity index (χ4n) is 0. The largest absolute Gasteiger partial charge is 1.00 e. The molecule has 2 N–H and O–H groups in total. The minimum absolute atomic E-state index is 0. The second-order valence-corrected chi connectivity index (χ2v) is 1.20. The quantitative estimate of drug-likeness (QED) is 0.345. The third kappa shape index (κ3) is 35.8. The van der Waals surface area contributed by atoms with Gasteiger partial charge in [-0.2, -0.15) is 0 Å². The molecule has 0 amide bonds. The van der Waals surface area contributed by atoms with Gasteiger partial charge in [0.15, 0.2) is 0 Å². The molecule has 0 aliphatic heterocycles. The monoisotopic (exact) mass is 154 g/mol. The van der Waals surface area contributed by atoms with Crippen molar-refractivity contribution < 1.29 is 43.2 Å². The summed E-state index contributed by atoms with van der Waals surface area (Å²) in [7, 11) is 0. The molecule has 0 aromatic rings. The zero-order valence-corrected chi connectivity index (χ0v) is 6.42. The van der Waals surface area contributed by atoms with Gasteiger partial charge in [-0.15, -0.1) is 0 Å². The first-order valence-electron chi connectivity index (χ1n) is 0.532. The van der Waals surface area contributed by atoms with Crippen LogP contribution in [0.3, 0.4) is 0 Å². The van der Waals surface area contributed by atoms with Crippen molar-refractivity contribution in [3.63, 3.8) is 0 Å². The molecule has 0 unspecified atom stereocenters. The Morgan fingerprint density at radius 1 is 1.60 bits per heavy atom. The van der Waals surface area contributed by atoms with Crippen molar-refractivity contribution in [2.45, 2.75) is 0 Å². The summed E-state index contributed by atoms with van der Waals surface area (Å²) in [6, 6.07) is 0. The van der Waals surface area contributed by atoms with Gasteiger partial charge in [-0.1, -0.05) is 0 Å². The van der Waals surface area contributed by atoms with Crippen LogP contribution in [0.15, 0.2) is 0 Å². The Morgan fingerprint density at radius 3 is 1.60 bits per heavy atom. The molecule has 5 heavy (non-hydrogen) atoms. The first-order chi connectivity index (χ1) is 1.73. The molecule has 0 saturated carbocycles. The van der Waals surface area contributed by atoms with Gasteiger partial charge in [0.2, 0.25) is 0 Å². The van der Waals surface area contributed by atoms with Crippen molar-refractivity contribution in [2.75, 3.05) is 0 Å². The van der Waals surface area contributed by atoms with Crippen LogP contribution in [0.4, 0.5) is 0 Å². The molecule has 0 aliphatic carbocycles. The van der Waals surface area contributed by atoms with Crippen molar-refractivity contribution in [3.05, 3.63) is 0 Å². The van der Waals surface area contributed by atoms with E-state index in [-0.39, 0.29) is 31.0 Å². The Kier molecular flexibility index (Phi) is 9.99. The van der Waals surface area contributed by atoms with Crippen LogP contribution in [0.2, 0.25) is 0 Å². The average molecular weight is 153 g/mol. The summed E-state index contributed by atoms with van der Waals surface area (Å²) in [6.07, 6.45) is 0. The second kappa shape index (κ2) is 5.24. The van der Waals surface area contributed by atoms with E-state index in [2.05, 4.69) is 0 Å². The van der Waals surface area contributed by atoms with Crippen LogP contribution >= 0.6 is 0 Å². The summed E-state index contributed by atoms with van der Waals surface area (Å²) in [5.41, 5.74) is 0. The van der Waals surface area contributed by atoms with E-state index in [1.807, 2.05) is 0 Å². The maximum Gasteiger partial charge on any atom is 1.00 e. The second-order valence-electron chi connectivity index (χ2n) is 0.231. The topological polar surface area (TPSA) is 57.5 Å². The van der Waals surface area contributed by atoms with E-state index >= 15 is 0 Å². The van der Waals surface area contributed by atoms with Gasteiger partial charge in [0, 0.05) is 0 Å². The van der Waals surface area contributed by atoms with Crippen LogP contribution in [0.25, 0.3) is 0 Å². The third-order valence-corrected chi connectivity index (χ3v) is 0. The molecule has 5 heteroatoms. The molecule has 0 aromatic carbocycles. The normalized spacial score (nSPS) is 7.00. The van der Waals surface area contributed by atoms with Crippen LogP contribution < -0.4 is 29.6 Å². The molecule has 0 aromatic heterocycles. The van der Waals surface area contributed by atoms with Gasteiger partial charge < -0.3 is 1.43 Å². The van der Waals surface area contributed by atoms with Crippen molar-refractivity contribution in [1.82, 2.24) is 0 Å². The third-order valence-electron chi connectivity index (χ3n) is 0. The van der Waals surface area contributed by atoms with Crippen LogP contribution in [-0.2, 0) is 3.83 Å². The smallest absolute Gasteiger partial charge is 1.00 e. The van der Waals surface area contributed by atoms with Gasteiger partial charge in [-0.05, 0) is 0 Å². The SMILES string of the molecule is O=[Se](O)O.[H-].[Na+]. The summed E-state index contributed by atoms with van der Waals surface area (Å²) >= 11 is -3.29. The minimum Gasteiger partial charge on any atom is -1.00 e. The Labute approximate surface area is 57.5 Å². The molecule has 0 atom stereocenters. The summed E-state index contributed by atoms with van der Waals surface area (Å²) < 4.78 is 23.1. The minimum atomic E-state index is -3.29. The molecule has 0 spiro atoms. The van der Waals surface area contributed by atoms with Gasteiger partial charge in [-0.3, -0.25) is 0 Å². The maximum absolute atomic E-state index is 8.76. The number of rotatable bonds is 0. The maximum atomic E-state index is 8.76. The van der Waals surface area contributed by atoms with Crippen LogP contribution in [-0.4, -0.2) is 22.9 Å². The fourth-order valence-corrected chi connectivity index (χ4v) is 0. The van der Waals surface area contributed by atoms with Crippen LogP contribution in [0.1, 0.15) is 1.43 Å². The van der Waals surface area contributed by atoms with E-state index in [1.165, 1.54) is 0 Å². The van der Waals surface area contributed by atoms with Gasteiger partial charge in [0.25, 0.3) is 0 Å². The molecule has 28 valence electrons. The van der Waals surface area contributed by atoms with Crippen molar-refractivity contribution >= 4 is 14.5 Å². The molecule has 0 radical (unpaired) electrons. The Balaban J connectivity index is -0.0000000450. The predicted octanol–water partition coefficient (Wildman–Crippen LogP) is -4.50. The molecule has 0 fully saturated rings. The fraction of sp³-hybridized carbons (Fsp3) is 0. The van der Waals surface area contributed by atoms with E-state index in [4.69, 9.17) is 12.2 Å². The molecule has 3 nitrogen and oxygen atoms in total. The van der Waals surface area contributed by atoms with Crippen molar-refractivity contribution in [1.29, 1.82) is 0 Å². The van der Waals surface area contributed by atoms with Crippen LogP contribution in [0, 0.1) is 0 Å². The van der Waals surface area contributed by atoms with E-state index in [1.54, 1.807) is 0 Å². The van der Waals surface area contributed by atoms with E-state index in [0.717, 1.165) is 0 Å². The summed E-state index contributed by atoms with van der Waals surface area (Å²) in [6.45, 7) is 0. The van der Waals surface area contributed by atoms with Crippen LogP contribution in [0.5, 0.6) is 0 Å². The summed E-state index contributed by atoms with van der Waals surface area (Å²) in [4.78, 5) is 0. The predicted molar refractivity (Wildman–Crippen MR) is 12.0 cm³/mol. The van der Waals surface area contributed by atoms with E-state index < -0.39 is 14.5 Å². The Hall–Kier alpha value is 1.24. The Bertz CT molecular complexity index is 33.8. The van der Waals surface area contributed by atoms with E-state index in [9.17, 15) is 0 Å². The van der Waals surface area contributed by atoms with Gasteiger partial charge in [0.1, 0.15) is 0 Å². The Morgan fingerprint density at radius 2 is 1.60 bits per heavy atom. The zero-order valence-electron chi connectivity index (χ0n) is 3.71. The average Bonchev–Trinajstić information content (AvgIpc) is 0.811. The molecule has 0 rings (SSSR count). The first-order valence-corrected chi connectivity index (χ1v) is 2.76. The molecular formula is H3NaO3Se. The summed E-state index contributed by atoms with van der Waals surface area (Å²) in [5.74, 6) is 0.